The fourth-order valence-corrected chi connectivity index (χ4v) is 4.62. The molecule has 12 heteroatoms. The topological polar surface area (TPSA) is 149 Å². The van der Waals surface area contributed by atoms with E-state index in [1.54, 1.807) is 60.8 Å². The first kappa shape index (κ1) is 28.5. The third-order valence-corrected chi connectivity index (χ3v) is 6.93. The van der Waals surface area contributed by atoms with E-state index in [2.05, 4.69) is 36.8 Å². The molecule has 42 heavy (non-hydrogen) atoms. The number of benzene rings is 2. The van der Waals surface area contributed by atoms with Crippen molar-refractivity contribution in [2.45, 2.75) is 32.4 Å². The second-order valence-electron chi connectivity index (χ2n) is 9.97. The van der Waals surface area contributed by atoms with Crippen molar-refractivity contribution in [2.24, 2.45) is 5.92 Å². The molecule has 1 aliphatic rings. The van der Waals surface area contributed by atoms with Crippen LogP contribution in [0.15, 0.2) is 61.4 Å². The minimum atomic E-state index is -0.240. The molecule has 0 aliphatic carbocycles. The smallest absolute Gasteiger partial charge is 0.251 e. The molecule has 1 atom stereocenters. The number of ether oxygens (including phenoxy) is 3. The van der Waals surface area contributed by atoms with Gasteiger partial charge in [0.05, 0.1) is 24.9 Å². The van der Waals surface area contributed by atoms with Gasteiger partial charge in [-0.15, -0.1) is 0 Å². The number of rotatable bonds is 11. The van der Waals surface area contributed by atoms with Crippen LogP contribution in [0.2, 0.25) is 0 Å². The first-order chi connectivity index (χ1) is 20.5. The molecule has 216 valence electrons. The van der Waals surface area contributed by atoms with Crippen LogP contribution in [-0.4, -0.2) is 63.6 Å². The van der Waals surface area contributed by atoms with Gasteiger partial charge in [0, 0.05) is 43.3 Å². The van der Waals surface area contributed by atoms with Gasteiger partial charge < -0.3 is 24.8 Å². The van der Waals surface area contributed by atoms with Crippen molar-refractivity contribution in [2.75, 3.05) is 32.2 Å². The van der Waals surface area contributed by atoms with Gasteiger partial charge in [0.25, 0.3) is 5.91 Å². The number of aromatic nitrogens is 5. The summed E-state index contributed by atoms with van der Waals surface area (Å²) in [5.41, 5.74) is 3.12. The molecular formula is C30H32N8O4. The molecule has 0 radical (unpaired) electrons. The highest BCUT2D eigenvalue weighted by molar-refractivity contribution is 5.95. The van der Waals surface area contributed by atoms with Crippen molar-refractivity contribution in [1.82, 2.24) is 30.0 Å². The van der Waals surface area contributed by atoms with Gasteiger partial charge >= 0.3 is 0 Å². The standard InChI is InChI=1S/C30H32N8O4/c1-20(17-38-19-32-18-36-38)42-27-11-22(3-4-24(27)13-31)25-15-34-30(35-16-25)37-26-6-5-23(12-28(26)40-2)29(39)33-14-21-7-9-41-10-8-21/h3-6,11-12,15-16,18-21H,7-10,14,17H2,1-2H3,(H,33,39)(H,34,35,37). The summed E-state index contributed by atoms with van der Waals surface area (Å²) in [5.74, 6) is 1.61. The zero-order chi connectivity index (χ0) is 29.3. The molecule has 12 nitrogen and oxygen atoms in total. The molecule has 2 aromatic heterocycles. The van der Waals surface area contributed by atoms with E-state index in [0.29, 0.717) is 53.3 Å². The fraction of sp³-hybridized carbons (Fsp3) is 0.333. The monoisotopic (exact) mass is 568 g/mol. The van der Waals surface area contributed by atoms with E-state index in [9.17, 15) is 10.1 Å². The third kappa shape index (κ3) is 7.18. The molecule has 1 aliphatic heterocycles. The zero-order valence-corrected chi connectivity index (χ0v) is 23.5. The highest BCUT2D eigenvalue weighted by Crippen LogP contribution is 2.30. The van der Waals surface area contributed by atoms with Crippen molar-refractivity contribution in [1.29, 1.82) is 5.26 Å². The largest absolute Gasteiger partial charge is 0.495 e. The van der Waals surface area contributed by atoms with Crippen LogP contribution in [0.1, 0.15) is 35.7 Å². The van der Waals surface area contributed by atoms with Crippen LogP contribution < -0.4 is 20.1 Å². The van der Waals surface area contributed by atoms with Gasteiger partial charge in [-0.2, -0.15) is 10.4 Å². The predicted molar refractivity (Wildman–Crippen MR) is 154 cm³/mol. The Hall–Kier alpha value is -5.02. The van der Waals surface area contributed by atoms with Gasteiger partial charge in [0.2, 0.25) is 5.95 Å². The first-order valence-electron chi connectivity index (χ1n) is 13.7. The van der Waals surface area contributed by atoms with E-state index in [4.69, 9.17) is 14.2 Å². The maximum absolute atomic E-state index is 12.7. The van der Waals surface area contributed by atoms with Crippen LogP contribution in [0.25, 0.3) is 11.1 Å². The molecule has 1 amide bonds. The lowest BCUT2D eigenvalue weighted by molar-refractivity contribution is 0.0642. The summed E-state index contributed by atoms with van der Waals surface area (Å²) in [5, 5.41) is 19.8. The lowest BCUT2D eigenvalue weighted by Crippen LogP contribution is -2.32. The van der Waals surface area contributed by atoms with E-state index >= 15 is 0 Å². The van der Waals surface area contributed by atoms with Crippen LogP contribution in [-0.2, 0) is 11.3 Å². The normalized spacial score (nSPS) is 14.0. The number of nitriles is 1. The summed E-state index contributed by atoms with van der Waals surface area (Å²) in [6.45, 7) is 4.50. The minimum absolute atomic E-state index is 0.148. The Morgan fingerprint density at radius 3 is 2.67 bits per heavy atom. The lowest BCUT2D eigenvalue weighted by Gasteiger charge is -2.22. The van der Waals surface area contributed by atoms with Gasteiger partial charge in [-0.1, -0.05) is 6.07 Å². The second-order valence-corrected chi connectivity index (χ2v) is 9.97. The lowest BCUT2D eigenvalue weighted by atomic mass is 10.0. The van der Waals surface area contributed by atoms with E-state index < -0.39 is 0 Å². The number of hydrogen-bond donors (Lipinski definition) is 2. The molecule has 1 saturated heterocycles. The number of hydrogen-bond acceptors (Lipinski definition) is 10. The number of methoxy groups -OCH3 is 1. The summed E-state index contributed by atoms with van der Waals surface area (Å²) in [4.78, 5) is 25.6. The van der Waals surface area contributed by atoms with Gasteiger partial charge in [-0.05, 0) is 61.6 Å². The van der Waals surface area contributed by atoms with Crippen molar-refractivity contribution in [3.05, 3.63) is 72.6 Å². The Kier molecular flexibility index (Phi) is 9.20. The highest BCUT2D eigenvalue weighted by atomic mass is 16.5. The summed E-state index contributed by atoms with van der Waals surface area (Å²) >= 11 is 0. The van der Waals surface area contributed by atoms with Gasteiger partial charge in [-0.3, -0.25) is 4.79 Å². The summed E-state index contributed by atoms with van der Waals surface area (Å²) in [6, 6.07) is 12.7. The van der Waals surface area contributed by atoms with Crippen LogP contribution in [0.4, 0.5) is 11.6 Å². The number of amides is 1. The number of nitrogens with zero attached hydrogens (tertiary/aromatic N) is 6. The minimum Gasteiger partial charge on any atom is -0.495 e. The summed E-state index contributed by atoms with van der Waals surface area (Å²) in [7, 11) is 1.55. The molecule has 4 aromatic rings. The number of anilines is 2. The molecule has 0 bridgehead atoms. The quantitative estimate of drug-likeness (QED) is 0.272. The highest BCUT2D eigenvalue weighted by Gasteiger charge is 2.17. The summed E-state index contributed by atoms with van der Waals surface area (Å²) in [6.07, 6.45) is 8.12. The molecule has 2 aromatic carbocycles. The zero-order valence-electron chi connectivity index (χ0n) is 23.5. The third-order valence-electron chi connectivity index (χ3n) is 6.93. The number of nitrogens with one attached hydrogen (secondary N) is 2. The Balaban J connectivity index is 1.24. The molecule has 5 rings (SSSR count). The Labute approximate surface area is 243 Å². The molecule has 0 spiro atoms. The molecule has 3 heterocycles. The Bertz CT molecular complexity index is 1530. The van der Waals surface area contributed by atoms with Crippen molar-refractivity contribution in [3.63, 3.8) is 0 Å². The SMILES string of the molecule is COc1cc(C(=O)NCC2CCOCC2)ccc1Nc1ncc(-c2ccc(C#N)c(OC(C)Cn3cncn3)c2)cn1. The average Bonchev–Trinajstić information content (AvgIpc) is 3.54. The maximum atomic E-state index is 12.7. The van der Waals surface area contributed by atoms with Gasteiger partial charge in [0.1, 0.15) is 36.3 Å². The number of carbonyl (C=O) groups is 1. The second kappa shape index (κ2) is 13.6. The predicted octanol–water partition coefficient (Wildman–Crippen LogP) is 3.98. The van der Waals surface area contributed by atoms with Crippen molar-refractivity contribution >= 4 is 17.5 Å². The molecule has 1 fully saturated rings. The van der Waals surface area contributed by atoms with Gasteiger partial charge in [-0.25, -0.2) is 19.6 Å². The van der Waals surface area contributed by atoms with Crippen molar-refractivity contribution in [3.8, 4) is 28.7 Å². The van der Waals surface area contributed by atoms with E-state index in [1.807, 2.05) is 13.0 Å². The van der Waals surface area contributed by atoms with Crippen LogP contribution in [0, 0.1) is 17.2 Å². The van der Waals surface area contributed by atoms with E-state index in [1.165, 1.54) is 6.33 Å². The summed E-state index contributed by atoms with van der Waals surface area (Å²) < 4.78 is 18.7. The first-order valence-corrected chi connectivity index (χ1v) is 13.7. The van der Waals surface area contributed by atoms with Crippen LogP contribution >= 0.6 is 0 Å². The van der Waals surface area contributed by atoms with Gasteiger partial charge in [0.15, 0.2) is 0 Å². The Morgan fingerprint density at radius 2 is 1.95 bits per heavy atom. The van der Waals surface area contributed by atoms with E-state index in [0.717, 1.165) is 37.2 Å². The van der Waals surface area contributed by atoms with Crippen LogP contribution in [0.3, 0.4) is 0 Å². The van der Waals surface area contributed by atoms with Crippen molar-refractivity contribution < 1.29 is 19.0 Å². The molecular weight excluding hydrogens is 536 g/mol. The molecule has 0 saturated carbocycles. The molecule has 2 N–H and O–H groups in total. The maximum Gasteiger partial charge on any atom is 0.251 e. The Morgan fingerprint density at radius 1 is 1.14 bits per heavy atom. The fourth-order valence-electron chi connectivity index (χ4n) is 4.62. The average molecular weight is 569 g/mol. The van der Waals surface area contributed by atoms with E-state index in [-0.39, 0.29) is 12.0 Å². The number of carbonyl (C=O) groups excluding carboxylic acids is 1. The van der Waals surface area contributed by atoms with Crippen LogP contribution in [0.5, 0.6) is 11.5 Å². The molecule has 1 unspecified atom stereocenters.